The van der Waals surface area contributed by atoms with Gasteiger partial charge in [-0.3, -0.25) is 9.59 Å². The summed E-state index contributed by atoms with van der Waals surface area (Å²) in [6.07, 6.45) is 0.318. The van der Waals surface area contributed by atoms with Gasteiger partial charge in [0.25, 0.3) is 5.91 Å². The van der Waals surface area contributed by atoms with Crippen LogP contribution in [-0.2, 0) is 10.2 Å². The van der Waals surface area contributed by atoms with Gasteiger partial charge in [-0.1, -0.05) is 23.7 Å². The lowest BCUT2D eigenvalue weighted by Gasteiger charge is -2.41. The van der Waals surface area contributed by atoms with Crippen molar-refractivity contribution in [1.29, 1.82) is 0 Å². The van der Waals surface area contributed by atoms with E-state index in [-0.39, 0.29) is 29.6 Å². The first-order valence-electron chi connectivity index (χ1n) is 11.6. The molecule has 2 aromatic rings. The van der Waals surface area contributed by atoms with Crippen molar-refractivity contribution in [2.75, 3.05) is 11.4 Å². The number of amides is 2. The van der Waals surface area contributed by atoms with Crippen LogP contribution in [0.2, 0.25) is 5.02 Å². The molecule has 2 amide bonds. The normalized spacial score (nSPS) is 22.1. The summed E-state index contributed by atoms with van der Waals surface area (Å²) in [5.41, 5.74) is 0.269. The van der Waals surface area contributed by atoms with Crippen molar-refractivity contribution in [3.63, 3.8) is 0 Å². The van der Waals surface area contributed by atoms with Gasteiger partial charge in [-0.15, -0.1) is 0 Å². The molecule has 188 valence electrons. The van der Waals surface area contributed by atoms with E-state index in [1.165, 1.54) is 12.3 Å². The molecule has 2 N–H and O–H groups in total. The zero-order valence-corrected chi connectivity index (χ0v) is 20.3. The van der Waals surface area contributed by atoms with Gasteiger partial charge in [-0.2, -0.15) is 13.2 Å². The monoisotopic (exact) mass is 508 g/mol. The third-order valence-corrected chi connectivity index (χ3v) is 7.18. The summed E-state index contributed by atoms with van der Waals surface area (Å²) in [7, 11) is 0. The Morgan fingerprint density at radius 1 is 1.06 bits per heavy atom. The van der Waals surface area contributed by atoms with Crippen LogP contribution in [0.4, 0.5) is 19.0 Å². The van der Waals surface area contributed by atoms with E-state index in [4.69, 9.17) is 11.6 Å². The Kier molecular flexibility index (Phi) is 6.99. The molecule has 1 aromatic carbocycles. The Hall–Kier alpha value is -2.81. The van der Waals surface area contributed by atoms with Gasteiger partial charge in [0.1, 0.15) is 12.4 Å². The van der Waals surface area contributed by atoms with Crippen molar-refractivity contribution in [3.05, 3.63) is 58.7 Å². The molecular weight excluding hydrogens is 481 g/mol. The number of pyridine rings is 1. The number of nitrogens with one attached hydrogen (secondary N) is 2. The Labute approximate surface area is 207 Å². The third-order valence-electron chi connectivity index (χ3n) is 6.93. The first-order chi connectivity index (χ1) is 16.4. The minimum Gasteiger partial charge on any atom is -0.352 e. The lowest BCUT2D eigenvalue weighted by molar-refractivity contribution is -0.126. The van der Waals surface area contributed by atoms with Crippen molar-refractivity contribution in [2.45, 2.75) is 69.2 Å². The van der Waals surface area contributed by atoms with Crippen LogP contribution < -0.4 is 15.5 Å². The molecule has 3 atom stereocenters. The van der Waals surface area contributed by atoms with Gasteiger partial charge in [0, 0.05) is 29.3 Å². The highest BCUT2D eigenvalue weighted by Crippen LogP contribution is 2.39. The molecule has 2 aliphatic rings. The summed E-state index contributed by atoms with van der Waals surface area (Å²) in [6.45, 7) is 2.41. The molecule has 6 nitrogen and oxygen atoms in total. The number of hydrogen-bond donors (Lipinski definition) is 2. The molecule has 10 heteroatoms. The first kappa shape index (κ1) is 25.3. The van der Waals surface area contributed by atoms with E-state index in [0.717, 1.165) is 31.2 Å². The van der Waals surface area contributed by atoms with Crippen LogP contribution in [0.3, 0.4) is 0 Å². The number of hydrogen-bond acceptors (Lipinski definition) is 4. The maximum absolute atomic E-state index is 13.1. The minimum atomic E-state index is -4.47. The highest BCUT2D eigenvalue weighted by atomic mass is 35.5. The van der Waals surface area contributed by atoms with Crippen LogP contribution in [0.25, 0.3) is 0 Å². The second-order valence-electron chi connectivity index (χ2n) is 9.77. The number of carbonyl (C=O) groups excluding carboxylic acids is 2. The number of alkyl halides is 3. The minimum absolute atomic E-state index is 0.0370. The molecule has 35 heavy (non-hydrogen) atoms. The molecule has 2 bridgehead atoms. The predicted molar refractivity (Wildman–Crippen MR) is 128 cm³/mol. The van der Waals surface area contributed by atoms with E-state index < -0.39 is 24.0 Å². The van der Waals surface area contributed by atoms with Gasteiger partial charge in [0.2, 0.25) is 5.91 Å². The van der Waals surface area contributed by atoms with E-state index in [0.29, 0.717) is 10.8 Å². The molecule has 0 spiro atoms. The number of nitrogens with zero attached hydrogens (tertiary/aromatic N) is 2. The smallest absolute Gasteiger partial charge is 0.352 e. The molecule has 0 aliphatic carbocycles. The molecule has 3 heterocycles. The quantitative estimate of drug-likeness (QED) is 0.597. The lowest BCUT2D eigenvalue weighted by Crippen LogP contribution is -2.53. The zero-order chi connectivity index (χ0) is 25.4. The van der Waals surface area contributed by atoms with Crippen molar-refractivity contribution >= 4 is 29.2 Å². The highest BCUT2D eigenvalue weighted by molar-refractivity contribution is 6.30. The van der Waals surface area contributed by atoms with Crippen LogP contribution in [0, 0.1) is 0 Å². The average Bonchev–Trinajstić information content (AvgIpc) is 3.07. The number of rotatable bonds is 6. The summed E-state index contributed by atoms with van der Waals surface area (Å²) in [5, 5.41) is 5.71. The molecule has 0 radical (unpaired) electrons. The molecule has 0 saturated carbocycles. The van der Waals surface area contributed by atoms with E-state index in [9.17, 15) is 22.8 Å². The number of anilines is 1. The van der Waals surface area contributed by atoms with Gasteiger partial charge < -0.3 is 15.5 Å². The molecule has 2 aliphatic heterocycles. The molecule has 2 saturated heterocycles. The average molecular weight is 509 g/mol. The number of piperidine rings is 1. The molecule has 1 aromatic heterocycles. The maximum Gasteiger partial charge on any atom is 0.405 e. The lowest BCUT2D eigenvalue weighted by atomic mass is 9.83. The van der Waals surface area contributed by atoms with Crippen molar-refractivity contribution in [3.8, 4) is 0 Å². The number of benzene rings is 1. The Morgan fingerprint density at radius 3 is 2.23 bits per heavy atom. The summed E-state index contributed by atoms with van der Waals surface area (Å²) in [5.74, 6) is -0.157. The standard InChI is InChI=1S/C25H28ClF3N4O2/c1-24(2,16-4-6-17(26)7-5-16)23(35)32-18-11-19-8-9-20(12-18)33(19)21-10-3-15(13-30-21)22(34)31-14-25(27,28)29/h3-7,10,13,18-20H,8-9,11-12,14H2,1-2H3,(H,31,34)(H,32,35)/t18-,19+,20-. The van der Waals surface area contributed by atoms with Crippen LogP contribution in [0.1, 0.15) is 55.5 Å². The topological polar surface area (TPSA) is 74.3 Å². The summed E-state index contributed by atoms with van der Waals surface area (Å²) < 4.78 is 37.0. The van der Waals surface area contributed by atoms with Gasteiger partial charge in [0.15, 0.2) is 0 Å². The zero-order valence-electron chi connectivity index (χ0n) is 19.5. The highest BCUT2D eigenvalue weighted by Gasteiger charge is 2.43. The van der Waals surface area contributed by atoms with Gasteiger partial charge in [0.05, 0.1) is 11.0 Å². The fourth-order valence-electron chi connectivity index (χ4n) is 4.99. The third kappa shape index (κ3) is 5.72. The Balaban J connectivity index is 1.38. The van der Waals surface area contributed by atoms with Crippen LogP contribution in [-0.4, -0.2) is 47.6 Å². The number of fused-ring (bicyclic) bond motifs is 2. The SMILES string of the molecule is CC(C)(C(=O)N[C@H]1C[C@H]2CC[C@@H](C1)N2c1ccc(C(=O)NCC(F)(F)F)cn1)c1ccc(Cl)cc1. The fraction of sp³-hybridized carbons (Fsp3) is 0.480. The first-order valence-corrected chi connectivity index (χ1v) is 12.0. The Bertz CT molecular complexity index is 1060. The second-order valence-corrected chi connectivity index (χ2v) is 10.2. The van der Waals surface area contributed by atoms with Crippen LogP contribution in [0.5, 0.6) is 0 Å². The van der Waals surface area contributed by atoms with E-state index in [1.807, 2.05) is 31.3 Å². The van der Waals surface area contributed by atoms with Crippen molar-refractivity contribution < 1.29 is 22.8 Å². The second kappa shape index (κ2) is 9.68. The molecular formula is C25H28ClF3N4O2. The summed E-state index contributed by atoms with van der Waals surface area (Å²) in [6, 6.07) is 10.9. The number of halogens is 4. The van der Waals surface area contributed by atoms with Crippen molar-refractivity contribution in [2.24, 2.45) is 0 Å². The Morgan fingerprint density at radius 2 is 1.69 bits per heavy atom. The summed E-state index contributed by atoms with van der Waals surface area (Å²) >= 11 is 5.98. The number of carbonyl (C=O) groups is 2. The van der Waals surface area contributed by atoms with E-state index >= 15 is 0 Å². The molecule has 2 fully saturated rings. The van der Waals surface area contributed by atoms with E-state index in [1.54, 1.807) is 18.2 Å². The fourth-order valence-corrected chi connectivity index (χ4v) is 5.11. The van der Waals surface area contributed by atoms with Crippen molar-refractivity contribution in [1.82, 2.24) is 15.6 Å². The largest absolute Gasteiger partial charge is 0.405 e. The van der Waals surface area contributed by atoms with Gasteiger partial charge in [-0.25, -0.2) is 4.98 Å². The maximum atomic E-state index is 13.1. The predicted octanol–water partition coefficient (Wildman–Crippen LogP) is 4.62. The van der Waals surface area contributed by atoms with Crippen LogP contribution in [0.15, 0.2) is 42.6 Å². The van der Waals surface area contributed by atoms with E-state index in [2.05, 4.69) is 15.2 Å². The number of aromatic nitrogens is 1. The molecule has 4 rings (SSSR count). The van der Waals surface area contributed by atoms with Gasteiger partial charge in [-0.05, 0) is 69.4 Å². The van der Waals surface area contributed by atoms with Crippen LogP contribution >= 0.6 is 11.6 Å². The molecule has 0 unspecified atom stereocenters. The summed E-state index contributed by atoms with van der Waals surface area (Å²) in [4.78, 5) is 31.7. The van der Waals surface area contributed by atoms with Gasteiger partial charge >= 0.3 is 6.18 Å².